The van der Waals surface area contributed by atoms with E-state index in [-0.39, 0.29) is 27.6 Å². The number of thioether (sulfide) groups is 1. The fraction of sp³-hybridized carbons (Fsp3) is 0.207. The Labute approximate surface area is 243 Å². The third kappa shape index (κ3) is 6.61. The van der Waals surface area contributed by atoms with Crippen molar-refractivity contribution in [2.45, 2.75) is 24.8 Å². The van der Waals surface area contributed by atoms with Gasteiger partial charge in [-0.25, -0.2) is 0 Å². The Balaban J connectivity index is 1.76. The number of anilines is 2. The lowest BCUT2D eigenvalue weighted by molar-refractivity contribution is -0.137. The highest BCUT2D eigenvalue weighted by atomic mass is 35.5. The number of ether oxygens (including phenoxy) is 2. The van der Waals surface area contributed by atoms with E-state index in [0.717, 1.165) is 30.0 Å². The summed E-state index contributed by atoms with van der Waals surface area (Å²) in [7, 11) is 1.43. The fourth-order valence-corrected chi connectivity index (χ4v) is 5.61. The molecule has 1 heterocycles. The zero-order valence-electron chi connectivity index (χ0n) is 21.8. The summed E-state index contributed by atoms with van der Waals surface area (Å²) in [5.74, 6) is -0.414. The van der Waals surface area contributed by atoms with Crippen LogP contribution in [-0.4, -0.2) is 30.8 Å². The predicted octanol–water partition coefficient (Wildman–Crippen LogP) is 6.83. The Morgan fingerprint density at radius 3 is 2.49 bits per heavy atom. The predicted molar refractivity (Wildman–Crippen MR) is 151 cm³/mol. The van der Waals surface area contributed by atoms with Crippen LogP contribution in [0.5, 0.6) is 11.5 Å². The van der Waals surface area contributed by atoms with Gasteiger partial charge in [0.05, 0.1) is 30.2 Å². The molecular weight excluding hydrogens is 579 g/mol. The lowest BCUT2D eigenvalue weighted by Gasteiger charge is -2.19. The number of rotatable bonds is 8. The Morgan fingerprint density at radius 2 is 1.85 bits per heavy atom. The normalized spacial score (nSPS) is 16.3. The second-order valence-corrected chi connectivity index (χ2v) is 10.3. The number of methoxy groups -OCH3 is 1. The average molecular weight is 602 g/mol. The standard InChI is InChI=1S/C29H23ClF3N3O4S/c1-3-40-20-11-9-19(10-12-20)36-27(38)25(15-17-14-18(29(31,32)33)8-13-22(17)30)41-28(36)21(16-34)26(37)35-23-6-4-5-7-24(23)39-2/h4-14,25H,3,15H2,1-2H3,(H,35,37)/b28-21-. The first-order chi connectivity index (χ1) is 19.6. The summed E-state index contributed by atoms with van der Waals surface area (Å²) >= 11 is 7.12. The zero-order valence-corrected chi connectivity index (χ0v) is 23.4. The van der Waals surface area contributed by atoms with E-state index in [0.29, 0.717) is 29.5 Å². The first kappa shape index (κ1) is 29.8. The molecule has 1 N–H and O–H groups in total. The molecular formula is C29H23ClF3N3O4S. The smallest absolute Gasteiger partial charge is 0.416 e. The van der Waals surface area contributed by atoms with Crippen molar-refractivity contribution in [3.05, 3.63) is 93.5 Å². The van der Waals surface area contributed by atoms with Gasteiger partial charge in [0.15, 0.2) is 0 Å². The molecule has 0 bridgehead atoms. The van der Waals surface area contributed by atoms with E-state index in [2.05, 4.69) is 5.32 Å². The first-order valence-electron chi connectivity index (χ1n) is 12.2. The summed E-state index contributed by atoms with van der Waals surface area (Å²) in [5.41, 5.74) is -0.502. The molecule has 3 aromatic carbocycles. The van der Waals surface area contributed by atoms with Crippen molar-refractivity contribution in [1.82, 2.24) is 0 Å². The maximum absolute atomic E-state index is 13.7. The highest BCUT2D eigenvalue weighted by molar-refractivity contribution is 8.05. The number of carbonyl (C=O) groups excluding carboxylic acids is 2. The molecule has 212 valence electrons. The van der Waals surface area contributed by atoms with E-state index >= 15 is 0 Å². The maximum atomic E-state index is 13.7. The van der Waals surface area contributed by atoms with Gasteiger partial charge in [-0.3, -0.25) is 14.5 Å². The zero-order chi connectivity index (χ0) is 29.7. The minimum Gasteiger partial charge on any atom is -0.495 e. The van der Waals surface area contributed by atoms with Gasteiger partial charge in [0.2, 0.25) is 5.91 Å². The summed E-state index contributed by atoms with van der Waals surface area (Å²) < 4.78 is 50.8. The minimum atomic E-state index is -4.60. The van der Waals surface area contributed by atoms with Gasteiger partial charge in [0.25, 0.3) is 5.91 Å². The van der Waals surface area contributed by atoms with Crippen molar-refractivity contribution in [2.24, 2.45) is 0 Å². The van der Waals surface area contributed by atoms with Crippen molar-refractivity contribution in [1.29, 1.82) is 5.26 Å². The molecule has 12 heteroatoms. The molecule has 0 spiro atoms. The topological polar surface area (TPSA) is 91.7 Å². The summed E-state index contributed by atoms with van der Waals surface area (Å²) in [5, 5.41) is 11.8. The summed E-state index contributed by atoms with van der Waals surface area (Å²) in [6.45, 7) is 2.24. The number of nitrogens with zero attached hydrogens (tertiary/aromatic N) is 2. The lowest BCUT2D eigenvalue weighted by atomic mass is 10.0. The van der Waals surface area contributed by atoms with Crippen LogP contribution >= 0.6 is 23.4 Å². The summed E-state index contributed by atoms with van der Waals surface area (Å²) in [6, 6.07) is 17.8. The van der Waals surface area contributed by atoms with Crippen LogP contribution in [0.15, 0.2) is 77.3 Å². The molecule has 1 saturated heterocycles. The Bertz CT molecular complexity index is 1540. The molecule has 4 rings (SSSR count). The first-order valence-corrected chi connectivity index (χ1v) is 13.5. The van der Waals surface area contributed by atoms with Crippen LogP contribution in [0, 0.1) is 11.3 Å². The maximum Gasteiger partial charge on any atom is 0.416 e. The van der Waals surface area contributed by atoms with Gasteiger partial charge in [-0.05, 0) is 73.5 Å². The molecule has 41 heavy (non-hydrogen) atoms. The van der Waals surface area contributed by atoms with Crippen LogP contribution in [-0.2, 0) is 22.2 Å². The van der Waals surface area contributed by atoms with Gasteiger partial charge in [0, 0.05) is 10.7 Å². The Morgan fingerprint density at radius 1 is 1.15 bits per heavy atom. The molecule has 7 nitrogen and oxygen atoms in total. The minimum absolute atomic E-state index is 0.0298. The fourth-order valence-electron chi connectivity index (χ4n) is 4.12. The second-order valence-electron chi connectivity index (χ2n) is 8.66. The van der Waals surface area contributed by atoms with Crippen molar-refractivity contribution in [3.8, 4) is 17.6 Å². The van der Waals surface area contributed by atoms with Crippen LogP contribution in [0.2, 0.25) is 5.02 Å². The number of nitrogens with one attached hydrogen (secondary N) is 1. The van der Waals surface area contributed by atoms with Crippen molar-refractivity contribution >= 4 is 46.6 Å². The number of nitriles is 1. The van der Waals surface area contributed by atoms with Crippen molar-refractivity contribution in [3.63, 3.8) is 0 Å². The highest BCUT2D eigenvalue weighted by Crippen LogP contribution is 2.43. The molecule has 1 atom stereocenters. The number of halogens is 4. The monoisotopic (exact) mass is 601 g/mol. The van der Waals surface area contributed by atoms with Crippen LogP contribution in [0.1, 0.15) is 18.1 Å². The van der Waals surface area contributed by atoms with Crippen LogP contribution < -0.4 is 19.7 Å². The SMILES string of the molecule is CCOc1ccc(N2C(=O)C(Cc3cc(C(F)(F)F)ccc3Cl)S/C2=C(/C#N)C(=O)Nc2ccccc2OC)cc1. The molecule has 0 aromatic heterocycles. The van der Waals surface area contributed by atoms with Gasteiger partial charge >= 0.3 is 6.18 Å². The van der Waals surface area contributed by atoms with Gasteiger partial charge in [-0.1, -0.05) is 35.5 Å². The number of alkyl halides is 3. The molecule has 1 fully saturated rings. The second kappa shape index (κ2) is 12.6. The number of benzene rings is 3. The van der Waals surface area contributed by atoms with E-state index in [1.807, 2.05) is 13.0 Å². The third-order valence-electron chi connectivity index (χ3n) is 6.04. The van der Waals surface area contributed by atoms with Gasteiger partial charge in [-0.15, -0.1) is 0 Å². The van der Waals surface area contributed by atoms with Crippen LogP contribution in [0.3, 0.4) is 0 Å². The van der Waals surface area contributed by atoms with E-state index in [1.165, 1.54) is 12.0 Å². The van der Waals surface area contributed by atoms with Crippen molar-refractivity contribution in [2.75, 3.05) is 23.9 Å². The molecule has 0 aliphatic carbocycles. The third-order valence-corrected chi connectivity index (χ3v) is 7.68. The molecule has 3 aromatic rings. The van der Waals surface area contributed by atoms with E-state index in [9.17, 15) is 28.0 Å². The Kier molecular flexibility index (Phi) is 9.15. The highest BCUT2D eigenvalue weighted by Gasteiger charge is 2.41. The summed E-state index contributed by atoms with van der Waals surface area (Å²) in [6.07, 6.45) is -4.77. The largest absolute Gasteiger partial charge is 0.495 e. The quantitative estimate of drug-likeness (QED) is 0.225. The molecule has 0 radical (unpaired) electrons. The molecule has 2 amide bonds. The number of amides is 2. The molecule has 1 aliphatic heterocycles. The summed E-state index contributed by atoms with van der Waals surface area (Å²) in [4.78, 5) is 28.3. The van der Waals surface area contributed by atoms with Gasteiger partial charge in [0.1, 0.15) is 28.2 Å². The number of para-hydroxylation sites is 2. The van der Waals surface area contributed by atoms with E-state index in [1.54, 1.807) is 48.5 Å². The molecule has 0 saturated carbocycles. The lowest BCUT2D eigenvalue weighted by Crippen LogP contribution is -2.31. The van der Waals surface area contributed by atoms with Crippen LogP contribution in [0.25, 0.3) is 0 Å². The molecule has 1 unspecified atom stereocenters. The Hall–Kier alpha value is -4.14. The number of hydrogen-bond donors (Lipinski definition) is 1. The van der Waals surface area contributed by atoms with Gasteiger partial charge in [-0.2, -0.15) is 18.4 Å². The number of hydrogen-bond acceptors (Lipinski definition) is 6. The van der Waals surface area contributed by atoms with Crippen LogP contribution in [0.4, 0.5) is 24.5 Å². The average Bonchev–Trinajstić information content (AvgIpc) is 3.25. The van der Waals surface area contributed by atoms with Gasteiger partial charge < -0.3 is 14.8 Å². The van der Waals surface area contributed by atoms with E-state index in [4.69, 9.17) is 21.1 Å². The van der Waals surface area contributed by atoms with Crippen molar-refractivity contribution < 1.29 is 32.2 Å². The molecule has 1 aliphatic rings. The van der Waals surface area contributed by atoms with E-state index < -0.39 is 28.8 Å². The number of carbonyl (C=O) groups is 2.